The number of likely N-dealkylation sites (N-methyl/N-ethyl adjacent to an activating group) is 1. The summed E-state index contributed by atoms with van der Waals surface area (Å²) in [7, 11) is -0.648. The lowest BCUT2D eigenvalue weighted by atomic mass is 10.0. The van der Waals surface area contributed by atoms with E-state index >= 15 is 0 Å². The molecule has 0 aliphatic rings. The topological polar surface area (TPSA) is 171 Å². The molecule has 4 rings (SSSR count). The fourth-order valence-electron chi connectivity index (χ4n) is 4.35. The van der Waals surface area contributed by atoms with Crippen LogP contribution in [0.15, 0.2) is 58.8 Å². The number of aliphatic carboxylic acids is 1. The molecule has 1 amide bonds. The van der Waals surface area contributed by atoms with Crippen molar-refractivity contribution in [1.82, 2.24) is 15.1 Å². The van der Waals surface area contributed by atoms with Gasteiger partial charge in [0, 0.05) is 19.9 Å². The van der Waals surface area contributed by atoms with Gasteiger partial charge in [-0.1, -0.05) is 41.9 Å². The summed E-state index contributed by atoms with van der Waals surface area (Å²) in [5, 5.41) is 14.9. The van der Waals surface area contributed by atoms with Gasteiger partial charge < -0.3 is 20.9 Å². The van der Waals surface area contributed by atoms with E-state index in [1.54, 1.807) is 16.8 Å². The molecule has 2 aromatic carbocycles. The highest BCUT2D eigenvalue weighted by Gasteiger charge is 2.38. The van der Waals surface area contributed by atoms with Gasteiger partial charge in [-0.05, 0) is 41.8 Å². The first kappa shape index (κ1) is 36.5. The normalized spacial score (nSPS) is 12.2. The zero-order valence-corrected chi connectivity index (χ0v) is 26.9. The van der Waals surface area contributed by atoms with Crippen molar-refractivity contribution in [2.24, 2.45) is 5.73 Å². The van der Waals surface area contributed by atoms with Crippen LogP contribution >= 0.6 is 22.9 Å². The molecule has 248 valence electrons. The van der Waals surface area contributed by atoms with Gasteiger partial charge in [-0.15, -0.1) is 11.3 Å². The monoisotopic (exact) mass is 702 g/mol. The number of carboxylic acid groups (broad SMARTS) is 1. The summed E-state index contributed by atoms with van der Waals surface area (Å²) in [6, 6.07) is 15.5. The number of thiophene rings is 1. The minimum absolute atomic E-state index is 0.0101. The van der Waals surface area contributed by atoms with E-state index in [2.05, 4.69) is 5.32 Å². The smallest absolute Gasteiger partial charge is 0.490 e. The Morgan fingerprint density at radius 1 is 1.13 bits per heavy atom. The SMILES string of the molecule is CNC(=O)[C@@H](N)CC(=O)CCc1cccc(Cn2nc(CS(=O)(=O)c3ccc(Cl)s3)c3c(OC)cccc32)c1.O=C(O)C(F)(F)F. The maximum absolute atomic E-state index is 13.1. The summed E-state index contributed by atoms with van der Waals surface area (Å²) in [4.78, 5) is 32.8. The number of alkyl halides is 3. The van der Waals surface area contributed by atoms with Crippen LogP contribution in [0.4, 0.5) is 13.2 Å². The van der Waals surface area contributed by atoms with Crippen LogP contribution in [0.1, 0.15) is 29.7 Å². The van der Waals surface area contributed by atoms with Crippen LogP contribution in [0.3, 0.4) is 0 Å². The number of sulfone groups is 1. The number of nitrogens with one attached hydrogen (secondary N) is 1. The number of hydrogen-bond acceptors (Lipinski definition) is 9. The van der Waals surface area contributed by atoms with E-state index in [1.807, 2.05) is 36.4 Å². The quantitative estimate of drug-likeness (QED) is 0.194. The van der Waals surface area contributed by atoms with Gasteiger partial charge in [0.1, 0.15) is 21.5 Å². The highest BCUT2D eigenvalue weighted by atomic mass is 35.5. The fourth-order valence-corrected chi connectivity index (χ4v) is 7.20. The zero-order valence-electron chi connectivity index (χ0n) is 24.5. The maximum Gasteiger partial charge on any atom is 0.490 e. The Morgan fingerprint density at radius 3 is 2.37 bits per heavy atom. The second-order valence-corrected chi connectivity index (χ2v) is 13.8. The van der Waals surface area contributed by atoms with Crippen LogP contribution in [0.25, 0.3) is 10.9 Å². The third kappa shape index (κ3) is 9.75. The molecule has 11 nitrogen and oxygen atoms in total. The molecular formula is C29H30ClF3N4O7S2. The van der Waals surface area contributed by atoms with Crippen molar-refractivity contribution < 1.29 is 45.8 Å². The van der Waals surface area contributed by atoms with Gasteiger partial charge >= 0.3 is 12.1 Å². The number of Topliss-reactive ketones (excluding diaryl/α,β-unsaturated/α-hetero) is 1. The van der Waals surface area contributed by atoms with E-state index in [0.717, 1.165) is 28.0 Å². The molecule has 46 heavy (non-hydrogen) atoms. The number of ketones is 1. The van der Waals surface area contributed by atoms with E-state index in [0.29, 0.717) is 34.1 Å². The first-order valence-electron chi connectivity index (χ1n) is 13.4. The van der Waals surface area contributed by atoms with Gasteiger partial charge in [-0.2, -0.15) is 18.3 Å². The molecule has 0 unspecified atom stereocenters. The average molecular weight is 703 g/mol. The second-order valence-electron chi connectivity index (χ2n) is 9.86. The Morgan fingerprint density at radius 2 is 1.78 bits per heavy atom. The largest absolute Gasteiger partial charge is 0.496 e. The molecule has 0 spiro atoms. The van der Waals surface area contributed by atoms with Crippen molar-refractivity contribution in [2.45, 2.75) is 48.0 Å². The van der Waals surface area contributed by atoms with Crippen LogP contribution in [-0.2, 0) is 42.9 Å². The van der Waals surface area contributed by atoms with Crippen molar-refractivity contribution >= 4 is 61.3 Å². The zero-order chi connectivity index (χ0) is 34.2. The van der Waals surface area contributed by atoms with E-state index in [1.165, 1.54) is 20.2 Å². The summed E-state index contributed by atoms with van der Waals surface area (Å²) >= 11 is 6.99. The lowest BCUT2D eigenvalue weighted by Crippen LogP contribution is -2.40. The highest BCUT2D eigenvalue weighted by molar-refractivity contribution is 7.92. The lowest BCUT2D eigenvalue weighted by molar-refractivity contribution is -0.192. The number of carbonyl (C=O) groups is 3. The number of ether oxygens (including phenoxy) is 1. The minimum Gasteiger partial charge on any atom is -0.496 e. The fraction of sp³-hybridized carbons (Fsp3) is 0.310. The summed E-state index contributed by atoms with van der Waals surface area (Å²) < 4.78 is 65.9. The van der Waals surface area contributed by atoms with E-state index in [9.17, 15) is 31.2 Å². The third-order valence-corrected chi connectivity index (χ3v) is 9.94. The number of carboxylic acids is 1. The van der Waals surface area contributed by atoms with Crippen molar-refractivity contribution in [3.63, 3.8) is 0 Å². The molecule has 2 aromatic heterocycles. The summed E-state index contributed by atoms with van der Waals surface area (Å²) in [6.07, 6.45) is -4.32. The first-order valence-corrected chi connectivity index (χ1v) is 16.3. The number of amides is 1. The standard InChI is InChI=1S/C27H29ClN4O5S2.C2HF3O2/c1-30-27(34)20(29)14-19(33)10-9-17-5-3-6-18(13-17)15-32-22-7-4-8-23(37-2)26(22)21(31-32)16-39(35,36)25-12-11-24(28)38-25;3-2(4,5)1(6)7/h3-8,11-13,20H,9-10,14-16,29H2,1-2H3,(H,30,34);(H,6,7)/t20-;/m0./s1. The predicted octanol–water partition coefficient (Wildman–Crippen LogP) is 4.38. The number of nitrogens with zero attached hydrogens (tertiary/aromatic N) is 2. The number of methoxy groups -OCH3 is 1. The number of aryl methyl sites for hydroxylation is 1. The van der Waals surface area contributed by atoms with Crippen LogP contribution in [-0.4, -0.2) is 67.3 Å². The molecule has 0 saturated heterocycles. The molecule has 4 N–H and O–H groups in total. The molecule has 4 aromatic rings. The summed E-state index contributed by atoms with van der Waals surface area (Å²) in [6.45, 7) is 0.387. The third-order valence-electron chi connectivity index (χ3n) is 6.50. The van der Waals surface area contributed by atoms with E-state index in [4.69, 9.17) is 37.1 Å². The minimum atomic E-state index is -5.08. The number of halogens is 4. The molecule has 0 bridgehead atoms. The molecule has 0 aliphatic heterocycles. The lowest BCUT2D eigenvalue weighted by Gasteiger charge is -2.10. The molecule has 0 saturated carbocycles. The Kier molecular flexibility index (Phi) is 12.3. The van der Waals surface area contributed by atoms with Crippen molar-refractivity contribution in [1.29, 1.82) is 0 Å². The van der Waals surface area contributed by atoms with E-state index < -0.39 is 28.0 Å². The van der Waals surface area contributed by atoms with Crippen LogP contribution < -0.4 is 15.8 Å². The molecular weight excluding hydrogens is 673 g/mol. The van der Waals surface area contributed by atoms with Crippen LogP contribution in [0, 0.1) is 0 Å². The predicted molar refractivity (Wildman–Crippen MR) is 166 cm³/mol. The van der Waals surface area contributed by atoms with Gasteiger partial charge in [0.15, 0.2) is 9.84 Å². The Bertz CT molecular complexity index is 1820. The molecule has 0 radical (unpaired) electrons. The molecule has 0 fully saturated rings. The number of nitrogens with two attached hydrogens (primary N) is 1. The Hall–Kier alpha value is -3.99. The number of hydrogen-bond donors (Lipinski definition) is 3. The van der Waals surface area contributed by atoms with Crippen molar-refractivity contribution in [3.05, 3.63) is 75.8 Å². The second kappa shape index (κ2) is 15.5. The Labute approximate surface area is 271 Å². The van der Waals surface area contributed by atoms with Gasteiger partial charge in [-0.3, -0.25) is 14.3 Å². The first-order chi connectivity index (χ1) is 21.5. The molecule has 1 atom stereocenters. The summed E-state index contributed by atoms with van der Waals surface area (Å²) in [5.41, 5.74) is 8.78. The van der Waals surface area contributed by atoms with Crippen molar-refractivity contribution in [3.8, 4) is 5.75 Å². The number of carbonyl (C=O) groups excluding carboxylic acids is 2. The van der Waals surface area contributed by atoms with Crippen molar-refractivity contribution in [2.75, 3.05) is 14.2 Å². The molecule has 0 aliphatic carbocycles. The summed E-state index contributed by atoms with van der Waals surface area (Å²) in [5.74, 6) is -2.96. The van der Waals surface area contributed by atoms with Crippen LogP contribution in [0.5, 0.6) is 5.75 Å². The molecule has 2 heterocycles. The van der Waals surface area contributed by atoms with Crippen LogP contribution in [0.2, 0.25) is 4.34 Å². The number of rotatable bonds is 12. The molecule has 17 heteroatoms. The highest BCUT2D eigenvalue weighted by Crippen LogP contribution is 2.33. The van der Waals surface area contributed by atoms with Gasteiger partial charge in [0.05, 0.1) is 40.6 Å². The Balaban J connectivity index is 0.000000738. The van der Waals surface area contributed by atoms with Gasteiger partial charge in [-0.25, -0.2) is 13.2 Å². The van der Waals surface area contributed by atoms with E-state index in [-0.39, 0.29) is 34.5 Å². The average Bonchev–Trinajstić information content (AvgIpc) is 3.59. The van der Waals surface area contributed by atoms with Gasteiger partial charge in [0.25, 0.3) is 0 Å². The maximum atomic E-state index is 13.1. The number of benzene rings is 2. The number of fused-ring (bicyclic) bond motifs is 1. The van der Waals surface area contributed by atoms with Gasteiger partial charge in [0.2, 0.25) is 5.91 Å². The number of aromatic nitrogens is 2.